The van der Waals surface area contributed by atoms with E-state index in [1.165, 1.54) is 18.5 Å². The minimum atomic E-state index is 0.577. The average Bonchev–Trinajstić information content (AvgIpc) is 2.65. The third-order valence-corrected chi connectivity index (χ3v) is 3.43. The Balaban J connectivity index is 1.89. The lowest BCUT2D eigenvalue weighted by Gasteiger charge is -2.36. The molecule has 0 bridgehead atoms. The summed E-state index contributed by atoms with van der Waals surface area (Å²) >= 11 is 0. The largest absolute Gasteiger partial charge is 0.388 e. The molecule has 0 spiro atoms. The van der Waals surface area contributed by atoms with Gasteiger partial charge in [0.25, 0.3) is 0 Å². The predicted molar refractivity (Wildman–Crippen MR) is 52.3 cm³/mol. The Morgan fingerprint density at radius 2 is 2.46 bits per heavy atom. The molecule has 0 aromatic carbocycles. The number of piperidine rings is 1. The van der Waals surface area contributed by atoms with Gasteiger partial charge >= 0.3 is 0 Å². The molecular weight excluding hydrogens is 162 g/mol. The quantitative estimate of drug-likeness (QED) is 0.575. The Bertz CT molecular complexity index is 269. The molecule has 0 amide bonds. The molecule has 2 N–H and O–H groups in total. The van der Waals surface area contributed by atoms with Gasteiger partial charge in [0.15, 0.2) is 0 Å². The molecular formula is C10H15N3. The van der Waals surface area contributed by atoms with Crippen LogP contribution in [-0.4, -0.2) is 18.8 Å². The van der Waals surface area contributed by atoms with E-state index >= 15 is 0 Å². The van der Waals surface area contributed by atoms with Gasteiger partial charge in [-0.05, 0) is 19.3 Å². The summed E-state index contributed by atoms with van der Waals surface area (Å²) in [6, 6.07) is 0.577. The maximum absolute atomic E-state index is 4.18. The van der Waals surface area contributed by atoms with E-state index in [0.29, 0.717) is 17.9 Å². The number of rotatable bonds is 0. The van der Waals surface area contributed by atoms with Crippen LogP contribution < -0.4 is 10.7 Å². The lowest BCUT2D eigenvalue weighted by molar-refractivity contribution is 0.305. The minimum absolute atomic E-state index is 0.577. The van der Waals surface area contributed by atoms with Crippen LogP contribution in [0, 0.1) is 11.8 Å². The van der Waals surface area contributed by atoms with Gasteiger partial charge in [-0.25, -0.2) is 0 Å². The third-order valence-electron chi connectivity index (χ3n) is 3.43. The van der Waals surface area contributed by atoms with Crippen molar-refractivity contribution in [3.63, 3.8) is 0 Å². The molecule has 3 heteroatoms. The fourth-order valence-corrected chi connectivity index (χ4v) is 2.73. The Kier molecular flexibility index (Phi) is 1.57. The fourth-order valence-electron chi connectivity index (χ4n) is 2.73. The smallest absolute Gasteiger partial charge is 0.0559 e. The predicted octanol–water partition coefficient (Wildman–Crippen LogP) is 0.847. The molecule has 0 aromatic heterocycles. The van der Waals surface area contributed by atoms with Gasteiger partial charge in [-0.1, -0.05) is 6.08 Å². The van der Waals surface area contributed by atoms with E-state index in [9.17, 15) is 0 Å². The van der Waals surface area contributed by atoms with Gasteiger partial charge in [0.1, 0.15) is 0 Å². The molecule has 13 heavy (non-hydrogen) atoms. The Labute approximate surface area is 78.3 Å². The first-order valence-corrected chi connectivity index (χ1v) is 5.18. The van der Waals surface area contributed by atoms with Gasteiger partial charge in [0.05, 0.1) is 6.04 Å². The van der Waals surface area contributed by atoms with Crippen LogP contribution in [0.15, 0.2) is 16.9 Å². The highest BCUT2D eigenvalue weighted by Crippen LogP contribution is 2.35. The second-order valence-electron chi connectivity index (χ2n) is 4.16. The zero-order chi connectivity index (χ0) is 8.67. The van der Waals surface area contributed by atoms with Gasteiger partial charge in [0, 0.05) is 30.3 Å². The Hall–Kier alpha value is -0.990. The normalized spacial score (nSPS) is 41.2. The van der Waals surface area contributed by atoms with E-state index in [4.69, 9.17) is 0 Å². The molecule has 1 aliphatic carbocycles. The molecule has 3 aliphatic rings. The summed E-state index contributed by atoms with van der Waals surface area (Å²) in [5.41, 5.74) is 4.66. The highest BCUT2D eigenvalue weighted by Gasteiger charge is 2.37. The van der Waals surface area contributed by atoms with Crippen molar-refractivity contribution in [3.05, 3.63) is 11.8 Å². The van der Waals surface area contributed by atoms with Crippen molar-refractivity contribution < 1.29 is 0 Å². The van der Waals surface area contributed by atoms with Crippen LogP contribution in [-0.2, 0) is 0 Å². The molecule has 3 nitrogen and oxygen atoms in total. The Morgan fingerprint density at radius 3 is 3.46 bits per heavy atom. The van der Waals surface area contributed by atoms with Crippen molar-refractivity contribution in [3.8, 4) is 0 Å². The van der Waals surface area contributed by atoms with Gasteiger partial charge < -0.3 is 10.7 Å². The number of allylic oxidation sites excluding steroid dienone is 1. The molecule has 2 heterocycles. The summed E-state index contributed by atoms with van der Waals surface area (Å²) in [5, 5.41) is 7.69. The number of hydrazone groups is 1. The van der Waals surface area contributed by atoms with Gasteiger partial charge in [0.2, 0.25) is 0 Å². The van der Waals surface area contributed by atoms with Gasteiger partial charge in [-0.2, -0.15) is 5.10 Å². The maximum Gasteiger partial charge on any atom is 0.0559 e. The van der Waals surface area contributed by atoms with Crippen molar-refractivity contribution >= 4 is 6.21 Å². The van der Waals surface area contributed by atoms with E-state index in [2.05, 4.69) is 28.1 Å². The topological polar surface area (TPSA) is 36.4 Å². The van der Waals surface area contributed by atoms with Crippen molar-refractivity contribution in [2.45, 2.75) is 25.3 Å². The SMILES string of the molecule is C1=NNC2CC=C3NCCCC3C12. The summed E-state index contributed by atoms with van der Waals surface area (Å²) in [5.74, 6) is 1.36. The van der Waals surface area contributed by atoms with Crippen LogP contribution in [0.2, 0.25) is 0 Å². The van der Waals surface area contributed by atoms with E-state index < -0.39 is 0 Å². The molecule has 3 rings (SSSR count). The summed E-state index contributed by atoms with van der Waals surface area (Å²) in [7, 11) is 0. The first-order chi connectivity index (χ1) is 6.45. The number of hydrogen-bond donors (Lipinski definition) is 2. The van der Waals surface area contributed by atoms with E-state index in [1.807, 2.05) is 0 Å². The van der Waals surface area contributed by atoms with Crippen LogP contribution in [0.5, 0.6) is 0 Å². The molecule has 3 atom stereocenters. The van der Waals surface area contributed by atoms with Crippen LogP contribution in [0.25, 0.3) is 0 Å². The molecule has 0 aromatic rings. The standard InChI is InChI=1S/C10H15N3/c1-2-7-8-6-12-13-10(8)4-3-9(7)11-5-1/h3,6-8,10-11,13H,1-2,4-5H2. The first kappa shape index (κ1) is 7.42. The van der Waals surface area contributed by atoms with Crippen LogP contribution >= 0.6 is 0 Å². The molecule has 3 unspecified atom stereocenters. The second kappa shape index (κ2) is 2.76. The van der Waals surface area contributed by atoms with Crippen molar-refractivity contribution in [2.75, 3.05) is 6.54 Å². The van der Waals surface area contributed by atoms with Crippen molar-refractivity contribution in [1.82, 2.24) is 10.7 Å². The molecule has 70 valence electrons. The zero-order valence-electron chi connectivity index (χ0n) is 7.66. The van der Waals surface area contributed by atoms with E-state index in [0.717, 1.165) is 13.0 Å². The highest BCUT2D eigenvalue weighted by molar-refractivity contribution is 5.65. The molecule has 0 radical (unpaired) electrons. The lowest BCUT2D eigenvalue weighted by Crippen LogP contribution is -2.42. The number of nitrogens with one attached hydrogen (secondary N) is 2. The van der Waals surface area contributed by atoms with Crippen LogP contribution in [0.1, 0.15) is 19.3 Å². The van der Waals surface area contributed by atoms with Gasteiger partial charge in [-0.15, -0.1) is 0 Å². The third kappa shape index (κ3) is 1.06. The first-order valence-electron chi connectivity index (χ1n) is 5.18. The molecule has 2 aliphatic heterocycles. The lowest BCUT2D eigenvalue weighted by atomic mass is 9.76. The number of hydrogen-bond acceptors (Lipinski definition) is 3. The van der Waals surface area contributed by atoms with Crippen molar-refractivity contribution in [2.24, 2.45) is 16.9 Å². The van der Waals surface area contributed by atoms with Crippen LogP contribution in [0.3, 0.4) is 0 Å². The van der Waals surface area contributed by atoms with E-state index in [-0.39, 0.29) is 0 Å². The molecule has 1 fully saturated rings. The van der Waals surface area contributed by atoms with Crippen LogP contribution in [0.4, 0.5) is 0 Å². The van der Waals surface area contributed by atoms with Crippen molar-refractivity contribution in [1.29, 1.82) is 0 Å². The summed E-state index contributed by atoms with van der Waals surface area (Å²) in [6.07, 6.45) is 8.22. The summed E-state index contributed by atoms with van der Waals surface area (Å²) in [6.45, 7) is 1.16. The number of nitrogens with zero attached hydrogens (tertiary/aromatic N) is 1. The monoisotopic (exact) mass is 177 g/mol. The minimum Gasteiger partial charge on any atom is -0.388 e. The van der Waals surface area contributed by atoms with E-state index in [1.54, 1.807) is 0 Å². The highest BCUT2D eigenvalue weighted by atomic mass is 15.3. The Morgan fingerprint density at radius 1 is 1.46 bits per heavy atom. The molecule has 1 saturated heterocycles. The second-order valence-corrected chi connectivity index (χ2v) is 4.16. The fraction of sp³-hybridized carbons (Fsp3) is 0.700. The average molecular weight is 177 g/mol. The maximum atomic E-state index is 4.18. The summed E-state index contributed by atoms with van der Waals surface area (Å²) < 4.78 is 0. The zero-order valence-corrected chi connectivity index (χ0v) is 7.66. The molecule has 0 saturated carbocycles. The van der Waals surface area contributed by atoms with Gasteiger partial charge in [-0.3, -0.25) is 0 Å². The summed E-state index contributed by atoms with van der Waals surface area (Å²) in [4.78, 5) is 0. The number of fused-ring (bicyclic) bond motifs is 3.